The molecule has 1 rings (SSSR count). The SMILES string of the molecule is CNCC(O)c1ccc(OC)c(C)c1. The zero-order valence-corrected chi connectivity index (χ0v) is 8.87. The van der Waals surface area contributed by atoms with E-state index in [9.17, 15) is 5.11 Å². The van der Waals surface area contributed by atoms with Crippen LogP contribution in [0.2, 0.25) is 0 Å². The van der Waals surface area contributed by atoms with Crippen LogP contribution in [0.15, 0.2) is 18.2 Å². The van der Waals surface area contributed by atoms with E-state index in [1.54, 1.807) is 7.11 Å². The summed E-state index contributed by atoms with van der Waals surface area (Å²) >= 11 is 0. The molecule has 1 aromatic carbocycles. The normalized spacial score (nSPS) is 12.6. The second-order valence-electron chi connectivity index (χ2n) is 3.30. The summed E-state index contributed by atoms with van der Waals surface area (Å²) in [5, 5.41) is 12.6. The molecule has 0 aliphatic rings. The van der Waals surface area contributed by atoms with Gasteiger partial charge in [0, 0.05) is 6.54 Å². The van der Waals surface area contributed by atoms with E-state index in [4.69, 9.17) is 4.74 Å². The molecule has 2 N–H and O–H groups in total. The Morgan fingerprint density at radius 3 is 2.71 bits per heavy atom. The Kier molecular flexibility index (Phi) is 3.92. The molecule has 1 unspecified atom stereocenters. The highest BCUT2D eigenvalue weighted by molar-refractivity contribution is 5.37. The lowest BCUT2D eigenvalue weighted by atomic mass is 10.1. The summed E-state index contributed by atoms with van der Waals surface area (Å²) in [5.74, 6) is 0.852. The number of likely N-dealkylation sites (N-methyl/N-ethyl adjacent to an activating group) is 1. The van der Waals surface area contributed by atoms with E-state index in [2.05, 4.69) is 5.32 Å². The molecule has 1 atom stereocenters. The molecule has 0 aromatic heterocycles. The number of hydrogen-bond acceptors (Lipinski definition) is 3. The highest BCUT2D eigenvalue weighted by Crippen LogP contribution is 2.21. The van der Waals surface area contributed by atoms with E-state index in [1.807, 2.05) is 32.2 Å². The van der Waals surface area contributed by atoms with Gasteiger partial charge < -0.3 is 15.2 Å². The third-order valence-corrected chi connectivity index (χ3v) is 2.20. The van der Waals surface area contributed by atoms with Gasteiger partial charge in [0.05, 0.1) is 13.2 Å². The maximum atomic E-state index is 9.71. The van der Waals surface area contributed by atoms with Gasteiger partial charge in [-0.2, -0.15) is 0 Å². The second-order valence-corrected chi connectivity index (χ2v) is 3.30. The molecule has 14 heavy (non-hydrogen) atoms. The molecule has 0 fully saturated rings. The molecule has 0 saturated heterocycles. The predicted octanol–water partition coefficient (Wildman–Crippen LogP) is 1.26. The average molecular weight is 195 g/mol. The minimum absolute atomic E-state index is 0.454. The number of aliphatic hydroxyl groups is 1. The van der Waals surface area contributed by atoms with Gasteiger partial charge in [-0.05, 0) is 37.2 Å². The summed E-state index contributed by atoms with van der Waals surface area (Å²) in [6, 6.07) is 5.71. The van der Waals surface area contributed by atoms with E-state index < -0.39 is 6.10 Å². The van der Waals surface area contributed by atoms with Crippen molar-refractivity contribution >= 4 is 0 Å². The molecule has 78 valence electrons. The first-order valence-corrected chi connectivity index (χ1v) is 4.66. The molecule has 0 bridgehead atoms. The monoisotopic (exact) mass is 195 g/mol. The van der Waals surface area contributed by atoms with Crippen LogP contribution < -0.4 is 10.1 Å². The van der Waals surface area contributed by atoms with Crippen LogP contribution >= 0.6 is 0 Å². The van der Waals surface area contributed by atoms with Crippen molar-refractivity contribution in [3.63, 3.8) is 0 Å². The van der Waals surface area contributed by atoms with E-state index >= 15 is 0 Å². The third-order valence-electron chi connectivity index (χ3n) is 2.20. The molecule has 0 spiro atoms. The summed E-state index contributed by atoms with van der Waals surface area (Å²) in [6.45, 7) is 2.53. The van der Waals surface area contributed by atoms with Crippen molar-refractivity contribution in [3.8, 4) is 5.75 Å². The summed E-state index contributed by atoms with van der Waals surface area (Å²) in [7, 11) is 3.46. The van der Waals surface area contributed by atoms with Gasteiger partial charge in [0.25, 0.3) is 0 Å². The van der Waals surface area contributed by atoms with Crippen LogP contribution in [0.4, 0.5) is 0 Å². The van der Waals surface area contributed by atoms with Gasteiger partial charge in [0.1, 0.15) is 5.75 Å². The van der Waals surface area contributed by atoms with E-state index in [0.717, 1.165) is 16.9 Å². The van der Waals surface area contributed by atoms with Crippen LogP contribution in [-0.4, -0.2) is 25.8 Å². The zero-order valence-electron chi connectivity index (χ0n) is 8.87. The van der Waals surface area contributed by atoms with Crippen molar-refractivity contribution < 1.29 is 9.84 Å². The fourth-order valence-corrected chi connectivity index (χ4v) is 1.42. The molecule has 0 radical (unpaired) electrons. The Labute approximate surface area is 84.7 Å². The Hall–Kier alpha value is -1.06. The molecule has 0 saturated carbocycles. The summed E-state index contributed by atoms with van der Waals surface area (Å²) in [4.78, 5) is 0. The lowest BCUT2D eigenvalue weighted by Crippen LogP contribution is -2.16. The van der Waals surface area contributed by atoms with Gasteiger partial charge in [-0.3, -0.25) is 0 Å². The van der Waals surface area contributed by atoms with Crippen LogP contribution in [-0.2, 0) is 0 Å². The van der Waals surface area contributed by atoms with Crippen LogP contribution in [0.5, 0.6) is 5.75 Å². The fraction of sp³-hybridized carbons (Fsp3) is 0.455. The van der Waals surface area contributed by atoms with Gasteiger partial charge in [-0.15, -0.1) is 0 Å². The van der Waals surface area contributed by atoms with Crippen LogP contribution in [0.3, 0.4) is 0 Å². The number of rotatable bonds is 4. The Morgan fingerprint density at radius 2 is 2.21 bits per heavy atom. The number of methoxy groups -OCH3 is 1. The smallest absolute Gasteiger partial charge is 0.121 e. The largest absolute Gasteiger partial charge is 0.496 e. The van der Waals surface area contributed by atoms with Crippen molar-refractivity contribution in [1.29, 1.82) is 0 Å². The van der Waals surface area contributed by atoms with Crippen LogP contribution in [0.1, 0.15) is 17.2 Å². The lowest BCUT2D eigenvalue weighted by molar-refractivity contribution is 0.177. The molecule has 3 nitrogen and oxygen atoms in total. The zero-order chi connectivity index (χ0) is 10.6. The standard InChI is InChI=1S/C11H17NO2/c1-8-6-9(10(13)7-12-2)4-5-11(8)14-3/h4-6,10,12-13H,7H2,1-3H3. The third kappa shape index (κ3) is 2.47. The van der Waals surface area contributed by atoms with Gasteiger partial charge in [0.15, 0.2) is 0 Å². The molecule has 0 amide bonds. The topological polar surface area (TPSA) is 41.5 Å². The van der Waals surface area contributed by atoms with E-state index in [1.165, 1.54) is 0 Å². The molecule has 0 aliphatic heterocycles. The fourth-order valence-electron chi connectivity index (χ4n) is 1.42. The van der Waals surface area contributed by atoms with Crippen molar-refractivity contribution in [3.05, 3.63) is 29.3 Å². The summed E-state index contributed by atoms with van der Waals surface area (Å²) in [5.41, 5.74) is 1.96. The molecular weight excluding hydrogens is 178 g/mol. The maximum Gasteiger partial charge on any atom is 0.121 e. The average Bonchev–Trinajstić information content (AvgIpc) is 2.18. The quantitative estimate of drug-likeness (QED) is 0.760. The van der Waals surface area contributed by atoms with Crippen LogP contribution in [0, 0.1) is 6.92 Å². The first-order valence-electron chi connectivity index (χ1n) is 4.66. The number of ether oxygens (including phenoxy) is 1. The first-order chi connectivity index (χ1) is 6.69. The number of aryl methyl sites for hydroxylation is 1. The Bertz CT molecular complexity index is 299. The second kappa shape index (κ2) is 4.98. The highest BCUT2D eigenvalue weighted by atomic mass is 16.5. The van der Waals surface area contributed by atoms with Crippen molar-refractivity contribution in [2.24, 2.45) is 0 Å². The minimum Gasteiger partial charge on any atom is -0.496 e. The Morgan fingerprint density at radius 1 is 1.50 bits per heavy atom. The molecular formula is C11H17NO2. The summed E-state index contributed by atoms with van der Waals surface area (Å²) < 4.78 is 5.14. The van der Waals surface area contributed by atoms with Crippen LogP contribution in [0.25, 0.3) is 0 Å². The molecule has 1 aromatic rings. The van der Waals surface area contributed by atoms with Gasteiger partial charge >= 0.3 is 0 Å². The minimum atomic E-state index is -0.454. The summed E-state index contributed by atoms with van der Waals surface area (Å²) in [6.07, 6.45) is -0.454. The van der Waals surface area contributed by atoms with Crippen molar-refractivity contribution in [2.75, 3.05) is 20.7 Å². The predicted molar refractivity (Wildman–Crippen MR) is 56.6 cm³/mol. The van der Waals surface area contributed by atoms with Crippen molar-refractivity contribution in [1.82, 2.24) is 5.32 Å². The van der Waals surface area contributed by atoms with Crippen molar-refractivity contribution in [2.45, 2.75) is 13.0 Å². The molecule has 0 aliphatic carbocycles. The molecule has 0 heterocycles. The number of nitrogens with one attached hydrogen (secondary N) is 1. The number of aliphatic hydroxyl groups excluding tert-OH is 1. The van der Waals surface area contributed by atoms with Gasteiger partial charge in [-0.25, -0.2) is 0 Å². The van der Waals surface area contributed by atoms with Gasteiger partial charge in [0.2, 0.25) is 0 Å². The highest BCUT2D eigenvalue weighted by Gasteiger charge is 2.07. The number of benzene rings is 1. The lowest BCUT2D eigenvalue weighted by Gasteiger charge is -2.12. The maximum absolute atomic E-state index is 9.71. The number of hydrogen-bond donors (Lipinski definition) is 2. The first kappa shape index (κ1) is 11.0. The van der Waals surface area contributed by atoms with E-state index in [0.29, 0.717) is 6.54 Å². The molecule has 3 heteroatoms. The van der Waals surface area contributed by atoms with E-state index in [-0.39, 0.29) is 0 Å². The Balaban J connectivity index is 2.85. The van der Waals surface area contributed by atoms with Gasteiger partial charge in [-0.1, -0.05) is 6.07 Å².